The largest absolute Gasteiger partial charge is 0.462 e. The number of hydrogen-bond acceptors (Lipinski definition) is 15. The molecule has 15 nitrogen and oxygen atoms in total. The predicted octanol–water partition coefficient (Wildman–Crippen LogP) is 8.38. The van der Waals surface area contributed by atoms with Gasteiger partial charge < -0.3 is 64.2 Å². The van der Waals surface area contributed by atoms with Crippen LogP contribution in [0.1, 0.15) is 168 Å². The molecule has 0 bridgehead atoms. The highest BCUT2D eigenvalue weighted by atomic mass is 16.7. The van der Waals surface area contributed by atoms with Gasteiger partial charge in [-0.3, -0.25) is 9.59 Å². The quantitative estimate of drug-likeness (QED) is 0.0132. The summed E-state index contributed by atoms with van der Waals surface area (Å²) in [5, 5.41) is 72.1. The second-order valence-electron chi connectivity index (χ2n) is 18.7. The van der Waals surface area contributed by atoms with E-state index in [2.05, 4.69) is 74.6 Å². The third-order valence-electron chi connectivity index (χ3n) is 12.4. The Morgan fingerprint density at radius 2 is 0.903 bits per heavy atom. The Kier molecular flexibility index (Phi) is 38.7. The first-order valence-corrected chi connectivity index (χ1v) is 27.2. The Bertz CT molecular complexity index is 1570. The van der Waals surface area contributed by atoms with Crippen molar-refractivity contribution in [3.8, 4) is 0 Å². The molecule has 2 saturated heterocycles. The summed E-state index contributed by atoms with van der Waals surface area (Å²) in [5.41, 5.74) is 0. The van der Waals surface area contributed by atoms with E-state index in [0.29, 0.717) is 12.8 Å². The van der Waals surface area contributed by atoms with E-state index in [0.717, 1.165) is 89.9 Å². The normalized spacial score (nSPS) is 25.7. The molecule has 0 aromatic carbocycles. The van der Waals surface area contributed by atoms with Crippen molar-refractivity contribution in [1.82, 2.24) is 0 Å². The van der Waals surface area contributed by atoms with Crippen LogP contribution in [0.2, 0.25) is 0 Å². The third-order valence-corrected chi connectivity index (χ3v) is 12.4. The molecule has 2 aliphatic heterocycles. The average Bonchev–Trinajstić information content (AvgIpc) is 3.37. The summed E-state index contributed by atoms with van der Waals surface area (Å²) < 4.78 is 33.6. The van der Waals surface area contributed by atoms with Crippen LogP contribution in [0.4, 0.5) is 0 Å². The Morgan fingerprint density at radius 1 is 0.458 bits per heavy atom. The first kappa shape index (κ1) is 64.8. The molecule has 7 N–H and O–H groups in total. The second kappa shape index (κ2) is 43.0. The SMILES string of the molecule is CC/C=C/C=C/C=C/CCCCCCCC(=O)OC(COC(=O)CCCCCCCCCCCC/C=C/C/C=C/C/C=C/C/C=C/CC)CO[C@@H]1O[C@H](CO[C@@H]2O[C@H](CO)[C@H](O)C(O)C2O)[C@H](O)C(O)C1O. The zero-order chi connectivity index (χ0) is 52.4. The van der Waals surface area contributed by atoms with Gasteiger partial charge in [-0.1, -0.05) is 170 Å². The maximum Gasteiger partial charge on any atom is 0.306 e. The van der Waals surface area contributed by atoms with Crippen molar-refractivity contribution in [2.75, 3.05) is 26.4 Å². The second-order valence-corrected chi connectivity index (χ2v) is 18.7. The first-order chi connectivity index (χ1) is 35.0. The average molecular weight is 1020 g/mol. The lowest BCUT2D eigenvalue weighted by molar-refractivity contribution is -0.332. The fourth-order valence-corrected chi connectivity index (χ4v) is 8.03. The molecule has 0 amide bonds. The number of hydrogen-bond donors (Lipinski definition) is 7. The van der Waals surface area contributed by atoms with Crippen LogP contribution < -0.4 is 0 Å². The molecule has 2 heterocycles. The molecular formula is C57H94O15. The molecule has 0 radical (unpaired) electrons. The minimum Gasteiger partial charge on any atom is -0.462 e. The molecule has 15 heteroatoms. The summed E-state index contributed by atoms with van der Waals surface area (Å²) in [5.74, 6) is -0.960. The minimum absolute atomic E-state index is 0.137. The van der Waals surface area contributed by atoms with Crippen LogP contribution in [-0.2, 0) is 38.0 Å². The Hall–Kier alpha value is -3.32. The van der Waals surface area contributed by atoms with Crippen molar-refractivity contribution < 1.29 is 73.8 Å². The molecule has 412 valence electrons. The lowest BCUT2D eigenvalue weighted by Gasteiger charge is -2.42. The summed E-state index contributed by atoms with van der Waals surface area (Å²) in [6, 6.07) is 0. The van der Waals surface area contributed by atoms with Gasteiger partial charge in [-0.15, -0.1) is 0 Å². The highest BCUT2D eigenvalue weighted by Crippen LogP contribution is 2.26. The third kappa shape index (κ3) is 30.1. The lowest BCUT2D eigenvalue weighted by Crippen LogP contribution is -2.61. The fourth-order valence-electron chi connectivity index (χ4n) is 8.03. The van der Waals surface area contributed by atoms with Gasteiger partial charge in [-0.25, -0.2) is 0 Å². The molecule has 0 aromatic heterocycles. The van der Waals surface area contributed by atoms with Gasteiger partial charge in [0.2, 0.25) is 0 Å². The number of aliphatic hydroxyl groups is 7. The highest BCUT2D eigenvalue weighted by molar-refractivity contribution is 5.70. The smallest absolute Gasteiger partial charge is 0.306 e. The van der Waals surface area contributed by atoms with E-state index < -0.39 is 99.3 Å². The fraction of sp³-hybridized carbons (Fsp3) is 0.719. The molecule has 2 rings (SSSR count). The molecular weight excluding hydrogens is 925 g/mol. The van der Waals surface area contributed by atoms with E-state index in [1.54, 1.807) is 0 Å². The van der Waals surface area contributed by atoms with Crippen LogP contribution in [0.5, 0.6) is 0 Å². The van der Waals surface area contributed by atoms with Crippen molar-refractivity contribution in [2.45, 2.75) is 235 Å². The van der Waals surface area contributed by atoms with Gasteiger partial charge in [0, 0.05) is 12.8 Å². The van der Waals surface area contributed by atoms with E-state index in [-0.39, 0.29) is 19.4 Å². The molecule has 11 atom stereocenters. The number of allylic oxidation sites excluding steroid dienone is 14. The molecule has 0 aromatic rings. The number of unbranched alkanes of at least 4 members (excludes halogenated alkanes) is 15. The molecule has 0 spiro atoms. The first-order valence-electron chi connectivity index (χ1n) is 27.2. The van der Waals surface area contributed by atoms with Gasteiger partial charge in [0.05, 0.1) is 19.8 Å². The van der Waals surface area contributed by atoms with Crippen LogP contribution in [0.15, 0.2) is 85.1 Å². The minimum atomic E-state index is -1.77. The van der Waals surface area contributed by atoms with Gasteiger partial charge in [0.1, 0.15) is 55.4 Å². The summed E-state index contributed by atoms with van der Waals surface area (Å²) in [4.78, 5) is 25.8. The Morgan fingerprint density at radius 3 is 1.46 bits per heavy atom. The summed E-state index contributed by atoms with van der Waals surface area (Å²) >= 11 is 0. The summed E-state index contributed by atoms with van der Waals surface area (Å²) in [6.45, 7) is 2.31. The molecule has 0 saturated carbocycles. The van der Waals surface area contributed by atoms with Crippen molar-refractivity contribution in [3.63, 3.8) is 0 Å². The van der Waals surface area contributed by atoms with Crippen LogP contribution in [0, 0.1) is 0 Å². The van der Waals surface area contributed by atoms with E-state index >= 15 is 0 Å². The van der Waals surface area contributed by atoms with Gasteiger partial charge in [0.25, 0.3) is 0 Å². The molecule has 72 heavy (non-hydrogen) atoms. The van der Waals surface area contributed by atoms with Crippen molar-refractivity contribution in [1.29, 1.82) is 0 Å². The standard InChI is InChI=1S/C57H94O15/c1-3-5-7-9-11-13-15-17-18-19-20-21-22-23-24-25-26-28-29-31-33-35-37-39-48(59)67-42-45(70-49(60)40-38-36-34-32-30-27-16-14-12-10-8-6-4-2)43-68-56-55(66)53(64)51(62)47(72-56)44-69-57-54(65)52(63)50(61)46(41-58)71-57/h5-8,10-14,16-18,20-21,45-47,50-58,61-66H,3-4,9,15,19,22-44H2,1-2H3/b7-5+,8-6+,12-10+,13-11+,16-14+,18-17+,21-20+/t45?,46-,47-,50+,51+,52?,53?,54?,55?,56-,57-/m1/s1. The van der Waals surface area contributed by atoms with Crippen molar-refractivity contribution in [2.24, 2.45) is 0 Å². The van der Waals surface area contributed by atoms with Crippen molar-refractivity contribution in [3.05, 3.63) is 85.1 Å². The van der Waals surface area contributed by atoms with Crippen LogP contribution in [0.3, 0.4) is 0 Å². The van der Waals surface area contributed by atoms with E-state index in [1.807, 2.05) is 24.3 Å². The molecule has 2 aliphatic rings. The number of esters is 2. The van der Waals surface area contributed by atoms with E-state index in [4.69, 9.17) is 28.4 Å². The van der Waals surface area contributed by atoms with Crippen LogP contribution in [0.25, 0.3) is 0 Å². The monoisotopic (exact) mass is 1020 g/mol. The predicted molar refractivity (Wildman–Crippen MR) is 279 cm³/mol. The van der Waals surface area contributed by atoms with Gasteiger partial charge in [-0.2, -0.15) is 0 Å². The number of carbonyl (C=O) groups excluding carboxylic acids is 2. The maximum atomic E-state index is 13.0. The van der Waals surface area contributed by atoms with Gasteiger partial charge >= 0.3 is 11.9 Å². The number of aliphatic hydroxyl groups excluding tert-OH is 7. The molecule has 2 fully saturated rings. The van der Waals surface area contributed by atoms with Crippen LogP contribution >= 0.6 is 0 Å². The Balaban J connectivity index is 1.75. The zero-order valence-electron chi connectivity index (χ0n) is 43.6. The summed E-state index contributed by atoms with van der Waals surface area (Å²) in [7, 11) is 0. The topological polar surface area (TPSA) is 231 Å². The number of ether oxygens (including phenoxy) is 6. The highest BCUT2D eigenvalue weighted by Gasteiger charge is 2.47. The number of rotatable bonds is 41. The Labute approximate surface area is 431 Å². The van der Waals surface area contributed by atoms with E-state index in [1.165, 1.54) is 38.5 Å². The zero-order valence-corrected chi connectivity index (χ0v) is 43.6. The van der Waals surface area contributed by atoms with Gasteiger partial charge in [-0.05, 0) is 70.6 Å². The lowest BCUT2D eigenvalue weighted by atomic mass is 9.98. The van der Waals surface area contributed by atoms with Crippen molar-refractivity contribution >= 4 is 11.9 Å². The summed E-state index contributed by atoms with van der Waals surface area (Å²) in [6.07, 6.45) is 36.1. The maximum absolute atomic E-state index is 13.0. The molecule has 0 aliphatic carbocycles. The molecule has 5 unspecified atom stereocenters. The van der Waals surface area contributed by atoms with Crippen LogP contribution in [-0.4, -0.2) is 142 Å². The van der Waals surface area contributed by atoms with Gasteiger partial charge in [0.15, 0.2) is 18.7 Å². The number of carbonyl (C=O) groups is 2. The van der Waals surface area contributed by atoms with E-state index in [9.17, 15) is 45.3 Å².